The molecule has 1 aromatic rings. The number of hydrogen-bond donors (Lipinski definition) is 0. The highest BCUT2D eigenvalue weighted by molar-refractivity contribution is 5.77. The fraction of sp³-hybridized carbons (Fsp3) is 0.500. The molecule has 0 bridgehead atoms. The maximum absolute atomic E-state index is 11.7. The SMILES string of the molecule is CCCC(=O)Oc1cccc(OCC)c1OC(=O)CCC. The average molecular weight is 294 g/mol. The van der Waals surface area contributed by atoms with Gasteiger partial charge in [-0.05, 0) is 31.9 Å². The van der Waals surface area contributed by atoms with Gasteiger partial charge in [-0.2, -0.15) is 0 Å². The molecule has 0 aromatic heterocycles. The van der Waals surface area contributed by atoms with Crippen molar-refractivity contribution >= 4 is 11.9 Å². The molecule has 5 nitrogen and oxygen atoms in total. The molecule has 5 heteroatoms. The highest BCUT2D eigenvalue weighted by atomic mass is 16.6. The lowest BCUT2D eigenvalue weighted by Crippen LogP contribution is -2.12. The van der Waals surface area contributed by atoms with Gasteiger partial charge in [0.1, 0.15) is 0 Å². The van der Waals surface area contributed by atoms with E-state index in [0.717, 1.165) is 0 Å². The van der Waals surface area contributed by atoms with Crippen molar-refractivity contribution in [3.8, 4) is 17.2 Å². The van der Waals surface area contributed by atoms with Crippen LogP contribution in [0.5, 0.6) is 17.2 Å². The Bertz CT molecular complexity index is 482. The predicted molar refractivity (Wildman–Crippen MR) is 78.7 cm³/mol. The van der Waals surface area contributed by atoms with E-state index >= 15 is 0 Å². The third-order valence-corrected chi connectivity index (χ3v) is 2.59. The lowest BCUT2D eigenvalue weighted by Gasteiger charge is -2.14. The highest BCUT2D eigenvalue weighted by Gasteiger charge is 2.18. The highest BCUT2D eigenvalue weighted by Crippen LogP contribution is 2.37. The molecular formula is C16H22O5. The molecule has 0 saturated carbocycles. The van der Waals surface area contributed by atoms with Gasteiger partial charge in [0.15, 0.2) is 11.5 Å². The Kier molecular flexibility index (Phi) is 7.29. The summed E-state index contributed by atoms with van der Waals surface area (Å²) < 4.78 is 16.0. The van der Waals surface area contributed by atoms with E-state index in [1.165, 1.54) is 0 Å². The van der Waals surface area contributed by atoms with E-state index in [9.17, 15) is 9.59 Å². The fourth-order valence-corrected chi connectivity index (χ4v) is 1.69. The Labute approximate surface area is 125 Å². The van der Waals surface area contributed by atoms with Crippen molar-refractivity contribution in [2.75, 3.05) is 6.61 Å². The van der Waals surface area contributed by atoms with E-state index in [0.29, 0.717) is 38.0 Å². The summed E-state index contributed by atoms with van der Waals surface area (Å²) in [6.45, 7) is 6.02. The van der Waals surface area contributed by atoms with Gasteiger partial charge in [0.05, 0.1) is 6.61 Å². The van der Waals surface area contributed by atoms with Gasteiger partial charge < -0.3 is 14.2 Å². The van der Waals surface area contributed by atoms with Crippen LogP contribution >= 0.6 is 0 Å². The summed E-state index contributed by atoms with van der Waals surface area (Å²) in [5.74, 6) is 0.0336. The number of ether oxygens (including phenoxy) is 3. The zero-order chi connectivity index (χ0) is 15.7. The fourth-order valence-electron chi connectivity index (χ4n) is 1.69. The summed E-state index contributed by atoms with van der Waals surface area (Å²) in [5, 5.41) is 0. The van der Waals surface area contributed by atoms with Crippen molar-refractivity contribution in [3.05, 3.63) is 18.2 Å². The normalized spacial score (nSPS) is 10.0. The van der Waals surface area contributed by atoms with Crippen molar-refractivity contribution in [2.45, 2.75) is 46.5 Å². The average Bonchev–Trinajstić information content (AvgIpc) is 2.43. The number of para-hydroxylation sites is 1. The quantitative estimate of drug-likeness (QED) is 0.542. The van der Waals surface area contributed by atoms with E-state index in [2.05, 4.69) is 0 Å². The van der Waals surface area contributed by atoms with Gasteiger partial charge in [-0.15, -0.1) is 0 Å². The van der Waals surface area contributed by atoms with Gasteiger partial charge >= 0.3 is 11.9 Å². The van der Waals surface area contributed by atoms with E-state index in [1.54, 1.807) is 18.2 Å². The van der Waals surface area contributed by atoms with Crippen molar-refractivity contribution < 1.29 is 23.8 Å². The van der Waals surface area contributed by atoms with Crippen LogP contribution < -0.4 is 14.2 Å². The van der Waals surface area contributed by atoms with Gasteiger partial charge in [-0.3, -0.25) is 9.59 Å². The van der Waals surface area contributed by atoms with Crippen LogP contribution in [0.4, 0.5) is 0 Å². The van der Waals surface area contributed by atoms with E-state index in [4.69, 9.17) is 14.2 Å². The molecule has 0 spiro atoms. The summed E-state index contributed by atoms with van der Waals surface area (Å²) in [6, 6.07) is 4.95. The summed E-state index contributed by atoms with van der Waals surface area (Å²) >= 11 is 0. The first-order valence-corrected chi connectivity index (χ1v) is 7.29. The van der Waals surface area contributed by atoms with Crippen LogP contribution in [0.3, 0.4) is 0 Å². The third-order valence-electron chi connectivity index (χ3n) is 2.59. The van der Waals surface area contributed by atoms with E-state index in [1.807, 2.05) is 20.8 Å². The first-order chi connectivity index (χ1) is 10.1. The number of esters is 2. The van der Waals surface area contributed by atoms with Crippen LogP contribution in [0.25, 0.3) is 0 Å². The van der Waals surface area contributed by atoms with E-state index < -0.39 is 0 Å². The zero-order valence-electron chi connectivity index (χ0n) is 12.8. The molecule has 1 aromatic carbocycles. The molecule has 0 unspecified atom stereocenters. The molecular weight excluding hydrogens is 272 g/mol. The van der Waals surface area contributed by atoms with Crippen molar-refractivity contribution in [2.24, 2.45) is 0 Å². The standard InChI is InChI=1S/C16H22O5/c1-4-8-14(17)20-13-11-7-10-12(19-6-3)16(13)21-15(18)9-5-2/h7,10-11H,4-6,8-9H2,1-3H3. The molecule has 0 N–H and O–H groups in total. The predicted octanol–water partition coefficient (Wildman–Crippen LogP) is 3.50. The van der Waals surface area contributed by atoms with Crippen LogP contribution in [0.1, 0.15) is 46.5 Å². The molecule has 0 aliphatic heterocycles. The minimum Gasteiger partial charge on any atom is -0.490 e. The molecule has 0 aliphatic rings. The molecule has 0 fully saturated rings. The minimum atomic E-state index is -0.377. The number of hydrogen-bond acceptors (Lipinski definition) is 5. The van der Waals surface area contributed by atoms with Crippen LogP contribution in [-0.2, 0) is 9.59 Å². The van der Waals surface area contributed by atoms with E-state index in [-0.39, 0.29) is 23.4 Å². The molecule has 1 rings (SSSR count). The Morgan fingerprint density at radius 3 is 2.05 bits per heavy atom. The molecule has 116 valence electrons. The minimum absolute atomic E-state index is 0.169. The topological polar surface area (TPSA) is 61.8 Å². The van der Waals surface area contributed by atoms with Crippen LogP contribution in [0, 0.1) is 0 Å². The van der Waals surface area contributed by atoms with Gasteiger partial charge in [-0.1, -0.05) is 19.9 Å². The lowest BCUT2D eigenvalue weighted by molar-refractivity contribution is -0.137. The Morgan fingerprint density at radius 1 is 0.905 bits per heavy atom. The number of rotatable bonds is 8. The monoisotopic (exact) mass is 294 g/mol. The van der Waals surface area contributed by atoms with Gasteiger partial charge in [0, 0.05) is 12.8 Å². The van der Waals surface area contributed by atoms with Gasteiger partial charge in [0.2, 0.25) is 5.75 Å². The van der Waals surface area contributed by atoms with Crippen molar-refractivity contribution in [1.29, 1.82) is 0 Å². The van der Waals surface area contributed by atoms with Crippen molar-refractivity contribution in [1.82, 2.24) is 0 Å². The van der Waals surface area contributed by atoms with Gasteiger partial charge in [0.25, 0.3) is 0 Å². The summed E-state index contributed by atoms with van der Waals surface area (Å²) in [4.78, 5) is 23.4. The lowest BCUT2D eigenvalue weighted by atomic mass is 10.2. The van der Waals surface area contributed by atoms with Crippen LogP contribution in [-0.4, -0.2) is 18.5 Å². The second-order valence-electron chi connectivity index (χ2n) is 4.46. The summed E-state index contributed by atoms with van der Waals surface area (Å²) in [7, 11) is 0. The molecule has 0 amide bonds. The smallest absolute Gasteiger partial charge is 0.311 e. The first kappa shape index (κ1) is 17.0. The number of carbonyl (C=O) groups excluding carboxylic acids is 2. The largest absolute Gasteiger partial charge is 0.490 e. The van der Waals surface area contributed by atoms with Crippen molar-refractivity contribution in [3.63, 3.8) is 0 Å². The molecule has 0 saturated heterocycles. The Balaban J connectivity index is 3.01. The molecule has 21 heavy (non-hydrogen) atoms. The zero-order valence-corrected chi connectivity index (χ0v) is 12.8. The molecule has 0 atom stereocenters. The maximum Gasteiger partial charge on any atom is 0.311 e. The summed E-state index contributed by atoms with van der Waals surface area (Å²) in [5.41, 5.74) is 0. The van der Waals surface area contributed by atoms with Crippen LogP contribution in [0.15, 0.2) is 18.2 Å². The summed E-state index contributed by atoms with van der Waals surface area (Å²) in [6.07, 6.45) is 1.97. The van der Waals surface area contributed by atoms with Gasteiger partial charge in [-0.25, -0.2) is 0 Å². The molecule has 0 radical (unpaired) electrons. The first-order valence-electron chi connectivity index (χ1n) is 7.29. The Morgan fingerprint density at radius 2 is 1.48 bits per heavy atom. The second-order valence-corrected chi connectivity index (χ2v) is 4.46. The molecule has 0 aliphatic carbocycles. The third kappa shape index (κ3) is 5.45. The number of benzene rings is 1. The Hall–Kier alpha value is -2.04. The molecule has 0 heterocycles. The number of carbonyl (C=O) groups is 2. The van der Waals surface area contributed by atoms with Crippen LogP contribution in [0.2, 0.25) is 0 Å². The maximum atomic E-state index is 11.7. The second kappa shape index (κ2) is 9.00.